The van der Waals surface area contributed by atoms with Gasteiger partial charge in [-0.25, -0.2) is 0 Å². The number of carbonyl (C=O) groups excluding carboxylic acids is 2. The first kappa shape index (κ1) is 18.8. The highest BCUT2D eigenvalue weighted by atomic mass is 35.5. The smallest absolute Gasteiger partial charge is 0.253 e. The quantitative estimate of drug-likeness (QED) is 0.731. The summed E-state index contributed by atoms with van der Waals surface area (Å²) in [4.78, 5) is 29.6. The molecule has 0 aromatic heterocycles. The van der Waals surface area contributed by atoms with Gasteiger partial charge in [0, 0.05) is 53.8 Å². The first-order valence-electron chi connectivity index (χ1n) is 8.64. The molecule has 0 atom stereocenters. The second kappa shape index (κ2) is 9.10. The average Bonchev–Trinajstić information content (AvgIpc) is 2.69. The molecule has 0 unspecified atom stereocenters. The molecule has 3 rings (SSSR count). The molecule has 2 amide bonds. The van der Waals surface area contributed by atoms with E-state index >= 15 is 0 Å². The van der Waals surface area contributed by atoms with E-state index in [-0.39, 0.29) is 11.8 Å². The van der Waals surface area contributed by atoms with Gasteiger partial charge in [-0.1, -0.05) is 29.8 Å². The van der Waals surface area contributed by atoms with Crippen LogP contribution in [0.1, 0.15) is 16.8 Å². The molecule has 2 aromatic rings. The van der Waals surface area contributed by atoms with Crippen molar-refractivity contribution in [3.8, 4) is 0 Å². The van der Waals surface area contributed by atoms with E-state index < -0.39 is 0 Å². The zero-order chi connectivity index (χ0) is 18.4. The van der Waals surface area contributed by atoms with Crippen LogP contribution in [0.2, 0.25) is 5.02 Å². The Hall–Kier alpha value is -1.98. The summed E-state index contributed by atoms with van der Waals surface area (Å²) in [6.07, 6.45) is 0.500. The van der Waals surface area contributed by atoms with E-state index in [1.54, 1.807) is 11.8 Å². The second-order valence-electron chi connectivity index (χ2n) is 6.09. The zero-order valence-corrected chi connectivity index (χ0v) is 16.0. The number of thioether (sulfide) groups is 1. The minimum atomic E-state index is 0.0380. The van der Waals surface area contributed by atoms with Gasteiger partial charge >= 0.3 is 0 Å². The van der Waals surface area contributed by atoms with Crippen LogP contribution in [0.5, 0.6) is 0 Å². The molecule has 26 heavy (non-hydrogen) atoms. The molecule has 1 aliphatic heterocycles. The Balaban J connectivity index is 1.42. The number of hydrogen-bond acceptors (Lipinski definition) is 3. The maximum absolute atomic E-state index is 12.4. The van der Waals surface area contributed by atoms with Crippen LogP contribution in [-0.2, 0) is 4.79 Å². The number of piperazine rings is 1. The van der Waals surface area contributed by atoms with E-state index in [2.05, 4.69) is 0 Å². The Morgan fingerprint density at radius 3 is 2.15 bits per heavy atom. The number of nitrogens with zero attached hydrogens (tertiary/aromatic N) is 2. The van der Waals surface area contributed by atoms with Crippen molar-refractivity contribution in [3.63, 3.8) is 0 Å². The third-order valence-corrected chi connectivity index (χ3v) is 5.60. The summed E-state index contributed by atoms with van der Waals surface area (Å²) < 4.78 is 0. The minimum absolute atomic E-state index is 0.0380. The fraction of sp³-hybridized carbons (Fsp3) is 0.300. The van der Waals surface area contributed by atoms with Crippen LogP contribution < -0.4 is 0 Å². The van der Waals surface area contributed by atoms with E-state index in [0.29, 0.717) is 43.2 Å². The van der Waals surface area contributed by atoms with Gasteiger partial charge in [-0.2, -0.15) is 0 Å². The van der Waals surface area contributed by atoms with Gasteiger partial charge in [-0.05, 0) is 36.4 Å². The van der Waals surface area contributed by atoms with Crippen molar-refractivity contribution in [2.75, 3.05) is 31.9 Å². The van der Waals surface area contributed by atoms with E-state index in [4.69, 9.17) is 11.6 Å². The fourth-order valence-electron chi connectivity index (χ4n) is 2.87. The molecule has 136 valence electrons. The maximum Gasteiger partial charge on any atom is 0.253 e. The Morgan fingerprint density at radius 1 is 0.885 bits per heavy atom. The average molecular weight is 389 g/mol. The summed E-state index contributed by atoms with van der Waals surface area (Å²) in [7, 11) is 0. The van der Waals surface area contributed by atoms with Crippen LogP contribution in [0.3, 0.4) is 0 Å². The molecule has 0 bridgehead atoms. The molecule has 2 aromatic carbocycles. The van der Waals surface area contributed by atoms with Gasteiger partial charge < -0.3 is 9.80 Å². The van der Waals surface area contributed by atoms with Crippen molar-refractivity contribution in [3.05, 3.63) is 65.2 Å². The van der Waals surface area contributed by atoms with Crippen molar-refractivity contribution in [2.24, 2.45) is 0 Å². The molecule has 0 spiro atoms. The Kier molecular flexibility index (Phi) is 6.58. The van der Waals surface area contributed by atoms with Gasteiger partial charge in [0.2, 0.25) is 5.91 Å². The lowest BCUT2D eigenvalue weighted by atomic mass is 10.2. The van der Waals surface area contributed by atoms with E-state index in [9.17, 15) is 9.59 Å². The van der Waals surface area contributed by atoms with Crippen LogP contribution in [0, 0.1) is 0 Å². The summed E-state index contributed by atoms with van der Waals surface area (Å²) in [6, 6.07) is 16.9. The Bertz CT molecular complexity index is 744. The van der Waals surface area contributed by atoms with Gasteiger partial charge in [-0.15, -0.1) is 11.8 Å². The van der Waals surface area contributed by atoms with E-state index in [0.717, 1.165) is 10.6 Å². The van der Waals surface area contributed by atoms with E-state index in [1.165, 1.54) is 0 Å². The van der Waals surface area contributed by atoms with Gasteiger partial charge in [0.05, 0.1) is 0 Å². The van der Waals surface area contributed by atoms with Crippen LogP contribution in [0.4, 0.5) is 0 Å². The molecular formula is C20H21ClN2O2S. The second-order valence-corrected chi connectivity index (χ2v) is 7.70. The Morgan fingerprint density at radius 2 is 1.50 bits per heavy atom. The molecule has 0 radical (unpaired) electrons. The largest absolute Gasteiger partial charge is 0.339 e. The third-order valence-electron chi connectivity index (χ3n) is 4.34. The highest BCUT2D eigenvalue weighted by Crippen LogP contribution is 2.21. The highest BCUT2D eigenvalue weighted by molar-refractivity contribution is 7.99. The summed E-state index contributed by atoms with van der Waals surface area (Å²) in [6.45, 7) is 2.37. The minimum Gasteiger partial charge on any atom is -0.339 e. The Labute approximate surface area is 163 Å². The third kappa shape index (κ3) is 5.02. The predicted octanol–water partition coefficient (Wildman–Crippen LogP) is 3.81. The van der Waals surface area contributed by atoms with Crippen molar-refractivity contribution in [1.82, 2.24) is 9.80 Å². The standard InChI is InChI=1S/C20H21ClN2O2S/c21-17-6-8-18(9-7-17)26-15-10-19(24)22-11-13-23(14-12-22)20(25)16-4-2-1-3-5-16/h1-9H,10-15H2. The van der Waals surface area contributed by atoms with Gasteiger partial charge in [0.1, 0.15) is 0 Å². The number of rotatable bonds is 5. The van der Waals surface area contributed by atoms with Crippen LogP contribution >= 0.6 is 23.4 Å². The number of hydrogen-bond donors (Lipinski definition) is 0. The summed E-state index contributed by atoms with van der Waals surface area (Å²) in [5, 5.41) is 0.716. The first-order valence-corrected chi connectivity index (χ1v) is 10.0. The van der Waals surface area contributed by atoms with Crippen molar-refractivity contribution in [1.29, 1.82) is 0 Å². The lowest BCUT2D eigenvalue weighted by molar-refractivity contribution is -0.132. The zero-order valence-electron chi connectivity index (χ0n) is 14.4. The first-order chi connectivity index (χ1) is 12.6. The lowest BCUT2D eigenvalue weighted by Gasteiger charge is -2.35. The monoisotopic (exact) mass is 388 g/mol. The van der Waals surface area contributed by atoms with Gasteiger partial charge in [-0.3, -0.25) is 9.59 Å². The van der Waals surface area contributed by atoms with Crippen LogP contribution in [0.15, 0.2) is 59.5 Å². The van der Waals surface area contributed by atoms with Gasteiger partial charge in [0.15, 0.2) is 0 Å². The lowest BCUT2D eigenvalue weighted by Crippen LogP contribution is -2.50. The SMILES string of the molecule is O=C(CCSc1ccc(Cl)cc1)N1CCN(C(=O)c2ccccc2)CC1. The number of carbonyl (C=O) groups is 2. The molecule has 1 fully saturated rings. The number of benzene rings is 2. The molecule has 0 saturated carbocycles. The maximum atomic E-state index is 12.4. The van der Waals surface area contributed by atoms with Crippen molar-refractivity contribution >= 4 is 35.2 Å². The summed E-state index contributed by atoms with van der Waals surface area (Å²) >= 11 is 7.53. The molecule has 1 heterocycles. The number of amides is 2. The molecule has 6 heteroatoms. The summed E-state index contributed by atoms with van der Waals surface area (Å²) in [5.41, 5.74) is 0.701. The summed E-state index contributed by atoms with van der Waals surface area (Å²) in [5.74, 6) is 0.929. The van der Waals surface area contributed by atoms with Gasteiger partial charge in [0.25, 0.3) is 5.91 Å². The predicted molar refractivity (Wildman–Crippen MR) is 106 cm³/mol. The van der Waals surface area contributed by atoms with Crippen molar-refractivity contribution < 1.29 is 9.59 Å². The van der Waals surface area contributed by atoms with Crippen LogP contribution in [-0.4, -0.2) is 53.5 Å². The normalized spacial score (nSPS) is 14.3. The molecule has 0 aliphatic carbocycles. The topological polar surface area (TPSA) is 40.6 Å². The molecule has 4 nitrogen and oxygen atoms in total. The molecule has 1 saturated heterocycles. The van der Waals surface area contributed by atoms with Crippen molar-refractivity contribution in [2.45, 2.75) is 11.3 Å². The fourth-order valence-corrected chi connectivity index (χ4v) is 3.83. The number of halogens is 1. The van der Waals surface area contributed by atoms with Crippen LogP contribution in [0.25, 0.3) is 0 Å². The molecular weight excluding hydrogens is 368 g/mol. The molecule has 1 aliphatic rings. The van der Waals surface area contributed by atoms with E-state index in [1.807, 2.05) is 64.4 Å². The molecule has 0 N–H and O–H groups in total. The highest BCUT2D eigenvalue weighted by Gasteiger charge is 2.24.